The molecule has 0 N–H and O–H groups in total. The van der Waals surface area contributed by atoms with Crippen molar-refractivity contribution in [1.29, 1.82) is 0 Å². The van der Waals surface area contributed by atoms with Gasteiger partial charge in [0.25, 0.3) is 0 Å². The Morgan fingerprint density at radius 1 is 1.65 bits per heavy atom. The van der Waals surface area contributed by atoms with Gasteiger partial charge in [-0.05, 0) is 22.9 Å². The largest absolute Gasteiger partial charge is 0.460 e. The van der Waals surface area contributed by atoms with Crippen molar-refractivity contribution < 1.29 is 14.1 Å². The van der Waals surface area contributed by atoms with Gasteiger partial charge in [-0.3, -0.25) is 0 Å². The highest BCUT2D eigenvalue weighted by Gasteiger charge is 2.14. The highest BCUT2D eigenvalue weighted by atomic mass is 79.9. The third kappa shape index (κ3) is 2.73. The highest BCUT2D eigenvalue weighted by molar-refractivity contribution is 9.10. The van der Waals surface area contributed by atoms with Gasteiger partial charge in [0.1, 0.15) is 5.69 Å². The summed E-state index contributed by atoms with van der Waals surface area (Å²) >= 11 is 3.29. The molecule has 0 spiro atoms. The monoisotopic (exact) mass is 299 g/mol. The number of ether oxygens (including phenoxy) is 1. The molecule has 0 aliphatic rings. The van der Waals surface area contributed by atoms with E-state index >= 15 is 0 Å². The lowest BCUT2D eigenvalue weighted by atomic mass is 10.3. The molecule has 0 unspecified atom stereocenters. The Hall–Kier alpha value is -1.63. The van der Waals surface area contributed by atoms with Crippen LogP contribution in [0.15, 0.2) is 27.7 Å². The van der Waals surface area contributed by atoms with E-state index in [-0.39, 0.29) is 5.76 Å². The average Bonchev–Trinajstić information content (AvgIpc) is 2.90. The number of carbonyl (C=O) groups is 1. The van der Waals surface area contributed by atoms with Crippen LogP contribution in [0.5, 0.6) is 0 Å². The van der Waals surface area contributed by atoms with Crippen LogP contribution < -0.4 is 0 Å². The number of carbonyl (C=O) groups excluding carboxylic acids is 1. The fourth-order valence-corrected chi connectivity index (χ4v) is 1.65. The number of hydrogen-bond acceptors (Lipinski definition) is 5. The molecule has 0 aromatic carbocycles. The van der Waals surface area contributed by atoms with Crippen molar-refractivity contribution in [2.24, 2.45) is 0 Å². The van der Waals surface area contributed by atoms with Crippen molar-refractivity contribution in [2.45, 2.75) is 13.5 Å². The van der Waals surface area contributed by atoms with Gasteiger partial charge in [0.05, 0.1) is 13.2 Å². The molecule has 6 nitrogen and oxygen atoms in total. The summed E-state index contributed by atoms with van der Waals surface area (Å²) in [5.41, 5.74) is 0.631. The Kier molecular flexibility index (Phi) is 3.58. The fourth-order valence-electron chi connectivity index (χ4n) is 1.29. The van der Waals surface area contributed by atoms with E-state index in [4.69, 9.17) is 9.26 Å². The lowest BCUT2D eigenvalue weighted by molar-refractivity contribution is 0.0479. The Bertz CT molecular complexity index is 520. The Morgan fingerprint density at radius 2 is 2.47 bits per heavy atom. The molecule has 17 heavy (non-hydrogen) atoms. The minimum atomic E-state index is -0.504. The topological polar surface area (TPSA) is 70.2 Å². The van der Waals surface area contributed by atoms with E-state index < -0.39 is 5.97 Å². The minimum absolute atomic E-state index is 0.109. The molecule has 0 fully saturated rings. The van der Waals surface area contributed by atoms with E-state index in [1.807, 2.05) is 4.57 Å². The van der Waals surface area contributed by atoms with Crippen LogP contribution in [0.2, 0.25) is 0 Å². The van der Waals surface area contributed by atoms with Crippen molar-refractivity contribution in [3.63, 3.8) is 0 Å². The van der Waals surface area contributed by atoms with Gasteiger partial charge in [-0.1, -0.05) is 5.16 Å². The predicted molar refractivity (Wildman–Crippen MR) is 61.5 cm³/mol. The molecule has 0 atom stereocenters. The normalized spacial score (nSPS) is 10.5. The zero-order valence-electron chi connectivity index (χ0n) is 9.09. The van der Waals surface area contributed by atoms with Gasteiger partial charge in [0, 0.05) is 18.5 Å². The van der Waals surface area contributed by atoms with Crippen LogP contribution >= 0.6 is 15.9 Å². The van der Waals surface area contributed by atoms with Crippen LogP contribution in [-0.4, -0.2) is 27.3 Å². The quantitative estimate of drug-likeness (QED) is 0.806. The first-order valence-electron chi connectivity index (χ1n) is 5.00. The maximum atomic E-state index is 11.3. The number of nitrogens with zero attached hydrogens (tertiary/aromatic N) is 3. The first kappa shape index (κ1) is 11.8. The molecule has 2 heterocycles. The number of aromatic nitrogens is 3. The molecular formula is C10H10BrN3O3. The summed E-state index contributed by atoms with van der Waals surface area (Å²) in [6.07, 6.45) is 3.46. The Labute approximate surface area is 106 Å². The molecule has 0 bridgehead atoms. The molecular weight excluding hydrogens is 290 g/mol. The smallest absolute Gasteiger partial charge is 0.377 e. The third-order valence-electron chi connectivity index (χ3n) is 2.03. The van der Waals surface area contributed by atoms with Crippen molar-refractivity contribution in [3.05, 3.63) is 34.6 Å². The molecule has 0 aliphatic carbocycles. The summed E-state index contributed by atoms with van der Waals surface area (Å²) < 4.78 is 12.2. The summed E-state index contributed by atoms with van der Waals surface area (Å²) in [4.78, 5) is 15.4. The molecule has 0 amide bonds. The van der Waals surface area contributed by atoms with Gasteiger partial charge in [0.2, 0.25) is 5.76 Å². The average molecular weight is 300 g/mol. The van der Waals surface area contributed by atoms with E-state index in [1.165, 1.54) is 0 Å². The van der Waals surface area contributed by atoms with Crippen LogP contribution in [0.3, 0.4) is 0 Å². The van der Waals surface area contributed by atoms with Crippen molar-refractivity contribution in [3.8, 4) is 0 Å². The van der Waals surface area contributed by atoms with Gasteiger partial charge >= 0.3 is 5.97 Å². The van der Waals surface area contributed by atoms with Crippen LogP contribution in [0.4, 0.5) is 0 Å². The maximum Gasteiger partial charge on any atom is 0.377 e. The first-order chi connectivity index (χ1) is 8.20. The lowest BCUT2D eigenvalue weighted by Crippen LogP contribution is -2.03. The van der Waals surface area contributed by atoms with Gasteiger partial charge in [0.15, 0.2) is 4.73 Å². The SMILES string of the molecule is CCOC(=O)c1cc(Cn2ccnc2Br)no1. The van der Waals surface area contributed by atoms with Crippen LogP contribution in [0.1, 0.15) is 23.2 Å². The Balaban J connectivity index is 2.09. The summed E-state index contributed by atoms with van der Waals surface area (Å²) in [5.74, 6) is -0.394. The molecule has 0 saturated carbocycles. The zero-order chi connectivity index (χ0) is 12.3. The van der Waals surface area contributed by atoms with E-state index in [0.29, 0.717) is 23.6 Å². The molecule has 90 valence electrons. The van der Waals surface area contributed by atoms with Gasteiger partial charge in [-0.2, -0.15) is 0 Å². The van der Waals surface area contributed by atoms with Crippen molar-refractivity contribution in [2.75, 3.05) is 6.61 Å². The summed E-state index contributed by atoms with van der Waals surface area (Å²) in [6.45, 7) is 2.52. The van der Waals surface area contributed by atoms with Crippen LogP contribution in [-0.2, 0) is 11.3 Å². The van der Waals surface area contributed by atoms with E-state index in [9.17, 15) is 4.79 Å². The van der Waals surface area contributed by atoms with Crippen LogP contribution in [0.25, 0.3) is 0 Å². The van der Waals surface area contributed by atoms with Crippen LogP contribution in [0, 0.1) is 0 Å². The molecule has 0 radical (unpaired) electrons. The predicted octanol–water partition coefficient (Wildman–Crippen LogP) is 1.86. The Morgan fingerprint density at radius 3 is 3.12 bits per heavy atom. The standard InChI is InChI=1S/C10H10BrN3O3/c1-2-16-9(15)8-5-7(13-17-8)6-14-4-3-12-10(14)11/h3-5H,2,6H2,1H3. The van der Waals surface area contributed by atoms with Gasteiger partial charge in [-0.25, -0.2) is 9.78 Å². The second-order valence-electron chi connectivity index (χ2n) is 3.23. The summed E-state index contributed by atoms with van der Waals surface area (Å²) in [6, 6.07) is 1.56. The first-order valence-corrected chi connectivity index (χ1v) is 5.79. The number of imidazole rings is 1. The molecule has 7 heteroatoms. The maximum absolute atomic E-state index is 11.3. The third-order valence-corrected chi connectivity index (χ3v) is 2.69. The number of halogens is 1. The lowest BCUT2D eigenvalue weighted by Gasteiger charge is -1.98. The van der Waals surface area contributed by atoms with Crippen molar-refractivity contribution >= 4 is 21.9 Å². The molecule has 0 aliphatic heterocycles. The molecule has 0 saturated heterocycles. The molecule has 2 rings (SSSR count). The zero-order valence-corrected chi connectivity index (χ0v) is 10.7. The number of hydrogen-bond donors (Lipinski definition) is 0. The molecule has 2 aromatic rings. The van der Waals surface area contributed by atoms with Gasteiger partial charge in [-0.15, -0.1) is 0 Å². The van der Waals surface area contributed by atoms with E-state index in [2.05, 4.69) is 26.1 Å². The summed E-state index contributed by atoms with van der Waals surface area (Å²) in [7, 11) is 0. The fraction of sp³-hybridized carbons (Fsp3) is 0.300. The second kappa shape index (κ2) is 5.13. The summed E-state index contributed by atoms with van der Waals surface area (Å²) in [5, 5.41) is 3.79. The molecule has 2 aromatic heterocycles. The highest BCUT2D eigenvalue weighted by Crippen LogP contribution is 2.11. The van der Waals surface area contributed by atoms with E-state index in [0.717, 1.165) is 0 Å². The second-order valence-corrected chi connectivity index (χ2v) is 3.94. The minimum Gasteiger partial charge on any atom is -0.460 e. The van der Waals surface area contributed by atoms with Gasteiger partial charge < -0.3 is 13.8 Å². The number of esters is 1. The van der Waals surface area contributed by atoms with E-state index in [1.54, 1.807) is 25.4 Å². The number of rotatable bonds is 4. The van der Waals surface area contributed by atoms with Crippen molar-refractivity contribution in [1.82, 2.24) is 14.7 Å².